The molecule has 0 saturated heterocycles. The Kier molecular flexibility index (Phi) is 12.8. The molecule has 0 amide bonds. The maximum absolute atomic E-state index is 13.9. The summed E-state index contributed by atoms with van der Waals surface area (Å²) in [5.41, 5.74) is 5.69. The predicted octanol–water partition coefficient (Wildman–Crippen LogP) is 6.11. The number of hydrogen-bond donors (Lipinski definition) is 1. The summed E-state index contributed by atoms with van der Waals surface area (Å²) in [4.78, 5) is 0. The van der Waals surface area contributed by atoms with Gasteiger partial charge in [-0.25, -0.2) is 4.39 Å². The number of alkyl halides is 1. The summed E-state index contributed by atoms with van der Waals surface area (Å²) >= 11 is 0. The third-order valence-corrected chi connectivity index (χ3v) is 3.89. The Balaban J connectivity index is 3.27. The molecule has 0 radical (unpaired) electrons. The van der Waals surface area contributed by atoms with Crippen molar-refractivity contribution in [2.75, 3.05) is 0 Å². The fourth-order valence-corrected chi connectivity index (χ4v) is 2.52. The van der Waals surface area contributed by atoms with Crippen LogP contribution in [0.5, 0.6) is 0 Å². The molecule has 0 aromatic rings. The maximum Gasteiger partial charge on any atom is 0.159 e. The van der Waals surface area contributed by atoms with E-state index in [1.807, 2.05) is 0 Å². The van der Waals surface area contributed by atoms with Crippen molar-refractivity contribution in [2.45, 2.75) is 110 Å². The van der Waals surface area contributed by atoms with Gasteiger partial charge in [-0.2, -0.15) is 0 Å². The lowest BCUT2D eigenvalue weighted by molar-refractivity contribution is 0.136. The molecule has 0 saturated carbocycles. The molecular weight excluding hydrogens is 237 g/mol. The molecule has 0 bridgehead atoms. The summed E-state index contributed by atoms with van der Waals surface area (Å²) in [6.07, 6.45) is 15.7. The second-order valence-electron chi connectivity index (χ2n) is 6.07. The molecule has 0 heterocycles. The van der Waals surface area contributed by atoms with E-state index >= 15 is 0 Å². The van der Waals surface area contributed by atoms with Crippen molar-refractivity contribution in [3.8, 4) is 0 Å². The molecule has 1 unspecified atom stereocenters. The van der Waals surface area contributed by atoms with Crippen LogP contribution in [0, 0.1) is 0 Å². The number of rotatable bonds is 14. The minimum atomic E-state index is -1.41. The summed E-state index contributed by atoms with van der Waals surface area (Å²) in [5.74, 6) is -1.41. The van der Waals surface area contributed by atoms with E-state index in [1.165, 1.54) is 44.9 Å². The van der Waals surface area contributed by atoms with Gasteiger partial charge < -0.3 is 0 Å². The van der Waals surface area contributed by atoms with Crippen LogP contribution in [0.15, 0.2) is 0 Å². The van der Waals surface area contributed by atoms with Crippen LogP contribution in [-0.2, 0) is 0 Å². The van der Waals surface area contributed by atoms with Crippen LogP contribution in [0.2, 0.25) is 0 Å². The third-order valence-electron chi connectivity index (χ3n) is 3.89. The lowest BCUT2D eigenvalue weighted by atomic mass is 9.99. The van der Waals surface area contributed by atoms with Gasteiger partial charge in [0, 0.05) is 0 Å². The number of nitrogens with two attached hydrogens (primary N) is 1. The highest BCUT2D eigenvalue weighted by Crippen LogP contribution is 2.21. The first-order chi connectivity index (χ1) is 9.12. The summed E-state index contributed by atoms with van der Waals surface area (Å²) in [7, 11) is 0. The van der Waals surface area contributed by atoms with Gasteiger partial charge in [0.2, 0.25) is 0 Å². The van der Waals surface area contributed by atoms with Crippen molar-refractivity contribution >= 4 is 0 Å². The second kappa shape index (κ2) is 12.9. The number of unbranched alkanes of at least 4 members (excludes halogenated alkanes) is 10. The van der Waals surface area contributed by atoms with Gasteiger partial charge >= 0.3 is 0 Å². The molecule has 0 aromatic carbocycles. The first kappa shape index (κ1) is 18.9. The molecular formula is C17H36FN. The third kappa shape index (κ3) is 14.1. The lowest BCUT2D eigenvalue weighted by Crippen LogP contribution is -2.34. The molecule has 1 atom stereocenters. The van der Waals surface area contributed by atoms with Gasteiger partial charge in [-0.3, -0.25) is 5.73 Å². The van der Waals surface area contributed by atoms with Gasteiger partial charge in [-0.15, -0.1) is 0 Å². The minimum absolute atomic E-state index is 0.540. The van der Waals surface area contributed by atoms with E-state index < -0.39 is 5.79 Å². The molecule has 1 nitrogen and oxygen atoms in total. The zero-order chi connectivity index (χ0) is 14.4. The zero-order valence-corrected chi connectivity index (χ0v) is 13.4. The van der Waals surface area contributed by atoms with Gasteiger partial charge in [0.1, 0.15) is 0 Å². The Hall–Kier alpha value is -0.110. The SMILES string of the molecule is CCCCCCCCCCCC(N)(F)CCCCC. The topological polar surface area (TPSA) is 26.0 Å². The van der Waals surface area contributed by atoms with Crippen molar-refractivity contribution in [3.63, 3.8) is 0 Å². The molecule has 116 valence electrons. The van der Waals surface area contributed by atoms with E-state index in [1.54, 1.807) is 0 Å². The van der Waals surface area contributed by atoms with Gasteiger partial charge in [0.25, 0.3) is 0 Å². The fourth-order valence-electron chi connectivity index (χ4n) is 2.52. The highest BCUT2D eigenvalue weighted by Gasteiger charge is 2.21. The van der Waals surface area contributed by atoms with Crippen LogP contribution >= 0.6 is 0 Å². The van der Waals surface area contributed by atoms with Crippen molar-refractivity contribution < 1.29 is 4.39 Å². The highest BCUT2D eigenvalue weighted by molar-refractivity contribution is 4.71. The standard InChI is InChI=1S/C17H36FN/c1-3-5-7-8-9-10-11-12-14-16-17(18,19)15-13-6-4-2/h3-16,19H2,1-2H3. The average molecular weight is 273 g/mol. The molecule has 0 rings (SSSR count). The Morgan fingerprint density at radius 1 is 0.632 bits per heavy atom. The maximum atomic E-state index is 13.9. The smallest absolute Gasteiger partial charge is 0.159 e. The van der Waals surface area contributed by atoms with Crippen LogP contribution in [-0.4, -0.2) is 5.79 Å². The van der Waals surface area contributed by atoms with E-state index in [9.17, 15) is 4.39 Å². The van der Waals surface area contributed by atoms with E-state index in [0.29, 0.717) is 12.8 Å². The van der Waals surface area contributed by atoms with Gasteiger partial charge in [-0.1, -0.05) is 78.1 Å². The number of hydrogen-bond acceptors (Lipinski definition) is 1. The predicted molar refractivity (Wildman–Crippen MR) is 84.0 cm³/mol. The molecule has 0 aliphatic carbocycles. The summed E-state index contributed by atoms with van der Waals surface area (Å²) in [6.45, 7) is 4.38. The van der Waals surface area contributed by atoms with Crippen LogP contribution < -0.4 is 5.73 Å². The molecule has 0 fully saturated rings. The largest absolute Gasteiger partial charge is 0.299 e. The summed E-state index contributed by atoms with van der Waals surface area (Å²) < 4.78 is 13.9. The highest BCUT2D eigenvalue weighted by atomic mass is 19.1. The van der Waals surface area contributed by atoms with Crippen molar-refractivity contribution in [1.29, 1.82) is 0 Å². The quantitative estimate of drug-likeness (QED) is 0.300. The van der Waals surface area contributed by atoms with Crippen molar-refractivity contribution in [3.05, 3.63) is 0 Å². The monoisotopic (exact) mass is 273 g/mol. The first-order valence-electron chi connectivity index (χ1n) is 8.60. The summed E-state index contributed by atoms with van der Waals surface area (Å²) in [6, 6.07) is 0. The number of halogens is 1. The second-order valence-corrected chi connectivity index (χ2v) is 6.07. The van der Waals surface area contributed by atoms with Crippen LogP contribution in [0.25, 0.3) is 0 Å². The zero-order valence-electron chi connectivity index (χ0n) is 13.4. The molecule has 0 spiro atoms. The van der Waals surface area contributed by atoms with Gasteiger partial charge in [0.15, 0.2) is 5.79 Å². The van der Waals surface area contributed by atoms with Crippen LogP contribution in [0.4, 0.5) is 4.39 Å². The summed E-state index contributed by atoms with van der Waals surface area (Å²) in [5, 5.41) is 0. The average Bonchev–Trinajstić information content (AvgIpc) is 2.37. The Labute approximate surface area is 120 Å². The van der Waals surface area contributed by atoms with E-state index in [2.05, 4.69) is 13.8 Å². The first-order valence-corrected chi connectivity index (χ1v) is 8.60. The Morgan fingerprint density at radius 3 is 1.42 bits per heavy atom. The van der Waals surface area contributed by atoms with E-state index in [-0.39, 0.29) is 0 Å². The van der Waals surface area contributed by atoms with Crippen LogP contribution in [0.1, 0.15) is 104 Å². The molecule has 19 heavy (non-hydrogen) atoms. The van der Waals surface area contributed by atoms with Gasteiger partial charge in [0.05, 0.1) is 0 Å². The Bertz CT molecular complexity index is 180. The molecule has 2 N–H and O–H groups in total. The lowest BCUT2D eigenvalue weighted by Gasteiger charge is -2.19. The van der Waals surface area contributed by atoms with Crippen molar-refractivity contribution in [2.24, 2.45) is 5.73 Å². The Morgan fingerprint density at radius 2 is 0.947 bits per heavy atom. The molecule has 0 aliphatic heterocycles. The van der Waals surface area contributed by atoms with Crippen molar-refractivity contribution in [1.82, 2.24) is 0 Å². The normalized spacial score (nSPS) is 14.5. The molecule has 2 heteroatoms. The fraction of sp³-hybridized carbons (Fsp3) is 1.00. The molecule has 0 aromatic heterocycles. The van der Waals surface area contributed by atoms with Crippen LogP contribution in [0.3, 0.4) is 0 Å². The minimum Gasteiger partial charge on any atom is -0.299 e. The van der Waals surface area contributed by atoms with E-state index in [4.69, 9.17) is 5.73 Å². The van der Waals surface area contributed by atoms with E-state index in [0.717, 1.165) is 32.1 Å². The molecule has 0 aliphatic rings. The van der Waals surface area contributed by atoms with Gasteiger partial charge in [-0.05, 0) is 25.7 Å².